The maximum atomic E-state index is 14.3. The van der Waals surface area contributed by atoms with Gasteiger partial charge in [-0.25, -0.2) is 13.8 Å². The van der Waals surface area contributed by atoms with Gasteiger partial charge in [0, 0.05) is 5.70 Å². The highest BCUT2D eigenvalue weighted by Gasteiger charge is 2.27. The third-order valence-corrected chi connectivity index (χ3v) is 4.60. The zero-order valence-electron chi connectivity index (χ0n) is 16.6. The molecular formula is C21H24F2N6O. The molecule has 1 aliphatic rings. The Morgan fingerprint density at radius 3 is 2.67 bits per heavy atom. The number of allylic oxidation sites excluding steroid dienone is 3. The van der Waals surface area contributed by atoms with E-state index >= 15 is 0 Å². The van der Waals surface area contributed by atoms with Crippen LogP contribution in [0.5, 0.6) is 0 Å². The first kappa shape index (κ1) is 21.3. The van der Waals surface area contributed by atoms with Crippen molar-refractivity contribution in [3.05, 3.63) is 70.8 Å². The number of amides is 1. The van der Waals surface area contributed by atoms with E-state index < -0.39 is 11.6 Å². The summed E-state index contributed by atoms with van der Waals surface area (Å²) < 4.78 is 28.5. The Bertz CT molecular complexity index is 999. The van der Waals surface area contributed by atoms with E-state index in [-0.39, 0.29) is 35.1 Å². The van der Waals surface area contributed by atoms with Crippen molar-refractivity contribution in [2.75, 3.05) is 18.9 Å². The van der Waals surface area contributed by atoms with Gasteiger partial charge in [0.1, 0.15) is 17.5 Å². The van der Waals surface area contributed by atoms with Crippen molar-refractivity contribution in [1.29, 1.82) is 0 Å². The molecule has 1 amide bonds. The van der Waals surface area contributed by atoms with Crippen molar-refractivity contribution in [2.45, 2.75) is 19.4 Å². The van der Waals surface area contributed by atoms with Crippen molar-refractivity contribution >= 4 is 11.6 Å². The Labute approximate surface area is 173 Å². The van der Waals surface area contributed by atoms with Crippen LogP contribution in [0.1, 0.15) is 28.9 Å². The molecule has 1 aliphatic heterocycles. The molecular weight excluding hydrogens is 390 g/mol. The minimum atomic E-state index is -0.744. The van der Waals surface area contributed by atoms with Crippen LogP contribution in [0.2, 0.25) is 0 Å². The topological polar surface area (TPSA) is 118 Å². The van der Waals surface area contributed by atoms with Crippen molar-refractivity contribution in [2.24, 2.45) is 11.5 Å². The molecule has 9 heteroatoms. The fourth-order valence-corrected chi connectivity index (χ4v) is 3.15. The number of aromatic nitrogens is 1. The number of carbonyl (C=O) groups excluding carboxylic acids is 1. The molecule has 0 saturated heterocycles. The number of carbonyl (C=O) groups is 1. The molecule has 2 aromatic rings. The van der Waals surface area contributed by atoms with Crippen molar-refractivity contribution in [3.63, 3.8) is 0 Å². The zero-order valence-corrected chi connectivity index (χ0v) is 16.6. The molecule has 30 heavy (non-hydrogen) atoms. The zero-order chi connectivity index (χ0) is 21.7. The summed E-state index contributed by atoms with van der Waals surface area (Å²) in [7, 11) is 1.87. The van der Waals surface area contributed by atoms with Crippen LogP contribution in [0.15, 0.2) is 47.9 Å². The maximum Gasteiger partial charge on any atom is 0.255 e. The highest BCUT2D eigenvalue weighted by Crippen LogP contribution is 2.32. The fourth-order valence-electron chi connectivity index (χ4n) is 3.15. The Morgan fingerprint density at radius 1 is 1.23 bits per heavy atom. The van der Waals surface area contributed by atoms with Crippen LogP contribution in [0, 0.1) is 11.6 Å². The number of pyridine rings is 1. The standard InChI is InChI=1S/C21H24F2N6O/c1-26-9-3-4-12(24)7-8-18(25)29-16-10-15(19-13(22)5-2-6-14(19)23)28-17-11-27-21(30)20(16)17/h2,5-8,10,26H,3-4,9,11,24-25H2,1H3,(H,27,30)(H,28,29)/b12-7-,18-8+. The van der Waals surface area contributed by atoms with Gasteiger partial charge in [-0.15, -0.1) is 0 Å². The molecule has 1 aromatic carbocycles. The molecule has 7 nitrogen and oxygen atoms in total. The third-order valence-electron chi connectivity index (χ3n) is 4.60. The number of hydrogen-bond donors (Lipinski definition) is 5. The van der Waals surface area contributed by atoms with Crippen molar-refractivity contribution in [3.8, 4) is 11.3 Å². The summed E-state index contributed by atoms with van der Waals surface area (Å²) >= 11 is 0. The van der Waals surface area contributed by atoms with Crippen LogP contribution in [-0.4, -0.2) is 24.5 Å². The highest BCUT2D eigenvalue weighted by atomic mass is 19.1. The number of fused-ring (bicyclic) bond motifs is 1. The van der Waals surface area contributed by atoms with Gasteiger partial charge < -0.3 is 27.4 Å². The second kappa shape index (κ2) is 9.36. The molecule has 0 aliphatic carbocycles. The van der Waals surface area contributed by atoms with E-state index in [0.717, 1.165) is 25.1 Å². The number of nitrogens with one attached hydrogen (secondary N) is 3. The van der Waals surface area contributed by atoms with Crippen molar-refractivity contribution in [1.82, 2.24) is 15.6 Å². The average Bonchev–Trinajstić information content (AvgIpc) is 3.07. The van der Waals surface area contributed by atoms with Gasteiger partial charge in [-0.3, -0.25) is 4.79 Å². The fraction of sp³-hybridized carbons (Fsp3) is 0.238. The summed E-state index contributed by atoms with van der Waals surface area (Å²) in [6.07, 6.45) is 4.85. The number of anilines is 1. The minimum Gasteiger partial charge on any atom is -0.402 e. The summed E-state index contributed by atoms with van der Waals surface area (Å²) in [5, 5.41) is 8.63. The van der Waals surface area contributed by atoms with E-state index in [4.69, 9.17) is 11.5 Å². The lowest BCUT2D eigenvalue weighted by atomic mass is 10.1. The third kappa shape index (κ3) is 4.74. The van der Waals surface area contributed by atoms with Crippen LogP contribution in [0.25, 0.3) is 11.3 Å². The van der Waals surface area contributed by atoms with Gasteiger partial charge in [-0.05, 0) is 56.8 Å². The molecule has 0 spiro atoms. The lowest BCUT2D eigenvalue weighted by Gasteiger charge is -2.13. The van der Waals surface area contributed by atoms with E-state index in [1.165, 1.54) is 12.1 Å². The summed E-state index contributed by atoms with van der Waals surface area (Å²) in [4.78, 5) is 16.5. The smallest absolute Gasteiger partial charge is 0.255 e. The van der Waals surface area contributed by atoms with E-state index in [1.54, 1.807) is 12.2 Å². The SMILES string of the molecule is CNCCC/C(N)=C/C=C(\N)Nc1cc(-c2c(F)cccc2F)nc2c1C(=O)NC2. The molecule has 1 aromatic heterocycles. The number of benzene rings is 1. The van der Waals surface area contributed by atoms with Crippen LogP contribution in [0.3, 0.4) is 0 Å². The minimum absolute atomic E-state index is 0.0678. The second-order valence-corrected chi connectivity index (χ2v) is 6.85. The second-order valence-electron chi connectivity index (χ2n) is 6.85. The summed E-state index contributed by atoms with van der Waals surface area (Å²) in [6, 6.07) is 4.99. The van der Waals surface area contributed by atoms with E-state index in [2.05, 4.69) is 20.9 Å². The van der Waals surface area contributed by atoms with Crippen LogP contribution in [0.4, 0.5) is 14.5 Å². The molecule has 0 radical (unpaired) electrons. The quantitative estimate of drug-likeness (QED) is 0.334. The Balaban J connectivity index is 1.92. The van der Waals surface area contributed by atoms with Crippen LogP contribution in [-0.2, 0) is 6.54 Å². The number of nitrogens with two attached hydrogens (primary N) is 2. The number of halogens is 2. The van der Waals surface area contributed by atoms with Gasteiger partial charge >= 0.3 is 0 Å². The lowest BCUT2D eigenvalue weighted by Crippen LogP contribution is -2.16. The summed E-state index contributed by atoms with van der Waals surface area (Å²) in [5.41, 5.74) is 13.4. The molecule has 158 valence electrons. The molecule has 0 atom stereocenters. The van der Waals surface area contributed by atoms with Gasteiger partial charge in [0.2, 0.25) is 0 Å². The van der Waals surface area contributed by atoms with E-state index in [0.29, 0.717) is 23.5 Å². The molecule has 7 N–H and O–H groups in total. The molecule has 0 unspecified atom stereocenters. The summed E-state index contributed by atoms with van der Waals surface area (Å²) in [6.45, 7) is 1.01. The predicted molar refractivity (Wildman–Crippen MR) is 112 cm³/mol. The summed E-state index contributed by atoms with van der Waals surface area (Å²) in [5.74, 6) is -1.60. The predicted octanol–water partition coefficient (Wildman–Crippen LogP) is 2.32. The average molecular weight is 414 g/mol. The van der Waals surface area contributed by atoms with Gasteiger partial charge in [0.25, 0.3) is 5.91 Å². The Hall–Kier alpha value is -3.46. The van der Waals surface area contributed by atoms with Gasteiger partial charge in [-0.1, -0.05) is 6.07 Å². The first-order valence-corrected chi connectivity index (χ1v) is 9.50. The first-order chi connectivity index (χ1) is 14.4. The molecule has 0 saturated carbocycles. The Kier molecular flexibility index (Phi) is 6.63. The van der Waals surface area contributed by atoms with Crippen LogP contribution < -0.4 is 27.4 Å². The first-order valence-electron chi connectivity index (χ1n) is 9.50. The van der Waals surface area contributed by atoms with Crippen molar-refractivity contribution < 1.29 is 13.6 Å². The lowest BCUT2D eigenvalue weighted by molar-refractivity contribution is 0.0966. The van der Waals surface area contributed by atoms with Gasteiger partial charge in [0.05, 0.1) is 34.7 Å². The van der Waals surface area contributed by atoms with Gasteiger partial charge in [-0.2, -0.15) is 0 Å². The van der Waals surface area contributed by atoms with E-state index in [9.17, 15) is 13.6 Å². The van der Waals surface area contributed by atoms with E-state index in [1.807, 2.05) is 7.05 Å². The monoisotopic (exact) mass is 414 g/mol. The largest absolute Gasteiger partial charge is 0.402 e. The molecule has 0 bridgehead atoms. The molecule has 2 heterocycles. The Morgan fingerprint density at radius 2 is 1.97 bits per heavy atom. The molecule has 0 fully saturated rings. The normalized spacial score (nSPS) is 13.9. The number of nitrogens with zero attached hydrogens (tertiary/aromatic N) is 1. The van der Waals surface area contributed by atoms with Crippen LogP contribution >= 0.6 is 0 Å². The number of hydrogen-bond acceptors (Lipinski definition) is 6. The number of rotatable bonds is 8. The maximum absolute atomic E-state index is 14.3. The molecule has 3 rings (SSSR count). The highest BCUT2D eigenvalue weighted by molar-refractivity contribution is 6.03. The van der Waals surface area contributed by atoms with Gasteiger partial charge in [0.15, 0.2) is 0 Å².